The monoisotopic (exact) mass is 1170 g/mol. The first-order chi connectivity index (χ1) is 43.6. The van der Waals surface area contributed by atoms with E-state index < -0.39 is 0 Å². The van der Waals surface area contributed by atoms with Crippen LogP contribution in [0.2, 0.25) is 0 Å². The van der Waals surface area contributed by atoms with Crippen LogP contribution >= 0.6 is 34.0 Å². The van der Waals surface area contributed by atoms with E-state index in [-0.39, 0.29) is 0 Å². The molecule has 408 valence electrons. The normalized spacial score (nSPS) is 12.3. The number of fused-ring (bicyclic) bond motifs is 22. The topological polar surface area (TPSA) is 40.6 Å². The van der Waals surface area contributed by atoms with Gasteiger partial charge in [-0.05, 0) is 132 Å². The molecule has 0 radical (unpaired) electrons. The van der Waals surface area contributed by atoms with Crippen LogP contribution in [0.3, 0.4) is 0 Å². The maximum Gasteiger partial charge on any atom is 0.160 e. The van der Waals surface area contributed by atoms with Crippen molar-refractivity contribution in [2.45, 2.75) is 0 Å². The molecular formula is C80H45N5S3. The predicted octanol–water partition coefficient (Wildman–Crippen LogP) is 23.0. The summed E-state index contributed by atoms with van der Waals surface area (Å²) < 4.78 is 15.1. The van der Waals surface area contributed by atoms with Gasteiger partial charge >= 0.3 is 0 Å². The molecule has 0 amide bonds. The zero-order valence-corrected chi connectivity index (χ0v) is 49.4. The number of thiophene rings is 3. The lowest BCUT2D eigenvalue weighted by atomic mass is 9.99. The Balaban J connectivity index is 0.749. The number of aromatic nitrogens is 5. The Morgan fingerprint density at radius 1 is 0.227 bits per heavy atom. The number of hydrogen-bond donors (Lipinski definition) is 0. The second kappa shape index (κ2) is 18.4. The average Bonchev–Trinajstić information content (AvgIpc) is 1.79. The standard InChI is InChI=1S/C80H45N5S3/c1-7-22-61-53(16-1)73-64(38-41-70-76(73)56-19-4-10-25-67(56)86-70)83(61)50-33-28-46(29-34-50)48-32-37-60-59(45-48)79(47-30-35-51(36-31-47)84-62-23-8-2-17-54(62)74-65(84)39-42-71-77(74)57-20-5-11-26-68(57)87-71)82-80(81-60)49-14-13-15-52(44-49)85-63-24-9-3-18-55(63)75-66(85)40-43-72-78(75)58-21-6-12-27-69(58)88-72/h1-45H. The molecule has 5 nitrogen and oxygen atoms in total. The Bertz CT molecular complexity index is 6370. The van der Waals surface area contributed by atoms with Gasteiger partial charge in [-0.1, -0.05) is 152 Å². The SMILES string of the molecule is c1cc(-c2nc(-c3ccc(-n4c5ccccc5c5c6c(ccc54)sc4ccccc46)cc3)c3cc(-c4ccc(-n5c6ccccc6c6c7c(ccc65)sc5ccccc57)cc4)ccc3n2)cc(-n2c3ccccc3c3c4c(ccc32)sc2ccccc24)c1. The van der Waals surface area contributed by atoms with Gasteiger partial charge in [-0.25, -0.2) is 9.97 Å². The molecule has 0 saturated heterocycles. The van der Waals surface area contributed by atoms with Gasteiger partial charge in [0.25, 0.3) is 0 Å². The number of para-hydroxylation sites is 3. The van der Waals surface area contributed by atoms with Crippen LogP contribution in [-0.4, -0.2) is 23.7 Å². The van der Waals surface area contributed by atoms with Crippen LogP contribution in [-0.2, 0) is 0 Å². The first-order valence-electron chi connectivity index (χ1n) is 29.8. The molecule has 0 aliphatic carbocycles. The van der Waals surface area contributed by atoms with Gasteiger partial charge in [-0.2, -0.15) is 0 Å². The lowest BCUT2D eigenvalue weighted by Crippen LogP contribution is -1.99. The van der Waals surface area contributed by atoms with Crippen LogP contribution in [0.1, 0.15) is 0 Å². The van der Waals surface area contributed by atoms with Gasteiger partial charge in [-0.15, -0.1) is 34.0 Å². The van der Waals surface area contributed by atoms with Crippen molar-refractivity contribution in [2.75, 3.05) is 0 Å². The molecule has 0 unspecified atom stereocenters. The van der Waals surface area contributed by atoms with E-state index in [2.05, 4.69) is 287 Å². The molecule has 0 N–H and O–H groups in total. The van der Waals surface area contributed by atoms with E-state index in [4.69, 9.17) is 9.97 Å². The van der Waals surface area contributed by atoms with E-state index in [1.54, 1.807) is 0 Å². The third-order valence-corrected chi connectivity index (χ3v) is 21.9. The highest BCUT2D eigenvalue weighted by molar-refractivity contribution is 7.27. The molecule has 0 atom stereocenters. The Kier molecular flexibility index (Phi) is 10.1. The summed E-state index contributed by atoms with van der Waals surface area (Å²) in [6.45, 7) is 0. The van der Waals surface area contributed by atoms with E-state index in [1.807, 2.05) is 34.0 Å². The van der Waals surface area contributed by atoms with E-state index in [1.165, 1.54) is 120 Å². The molecule has 0 bridgehead atoms. The van der Waals surface area contributed by atoms with Crippen LogP contribution in [0.4, 0.5) is 0 Å². The smallest absolute Gasteiger partial charge is 0.160 e. The fourth-order valence-corrected chi connectivity index (χ4v) is 18.0. The van der Waals surface area contributed by atoms with Gasteiger partial charge in [0.15, 0.2) is 5.82 Å². The molecule has 20 rings (SSSR count). The summed E-state index contributed by atoms with van der Waals surface area (Å²) in [6.07, 6.45) is 0. The first kappa shape index (κ1) is 48.5. The minimum absolute atomic E-state index is 0.672. The summed E-state index contributed by atoms with van der Waals surface area (Å²) in [7, 11) is 0. The molecule has 0 fully saturated rings. The number of hydrogen-bond acceptors (Lipinski definition) is 5. The zero-order chi connectivity index (χ0) is 57.3. The van der Waals surface area contributed by atoms with Crippen LogP contribution in [0.15, 0.2) is 273 Å². The third kappa shape index (κ3) is 6.90. The Morgan fingerprint density at radius 2 is 0.636 bits per heavy atom. The minimum Gasteiger partial charge on any atom is -0.309 e. The highest BCUT2D eigenvalue weighted by Gasteiger charge is 2.23. The van der Waals surface area contributed by atoms with Gasteiger partial charge < -0.3 is 13.7 Å². The van der Waals surface area contributed by atoms with Crippen LogP contribution in [0.25, 0.3) is 188 Å². The molecule has 7 heterocycles. The van der Waals surface area contributed by atoms with Crippen molar-refractivity contribution in [3.8, 4) is 50.8 Å². The second-order valence-corrected chi connectivity index (χ2v) is 26.4. The summed E-state index contributed by atoms with van der Waals surface area (Å²) in [5, 5.41) is 16.5. The highest BCUT2D eigenvalue weighted by Crippen LogP contribution is 2.48. The summed E-state index contributed by atoms with van der Waals surface area (Å²) >= 11 is 5.60. The van der Waals surface area contributed by atoms with E-state index in [0.717, 1.165) is 61.4 Å². The third-order valence-electron chi connectivity index (χ3n) is 18.4. The van der Waals surface area contributed by atoms with Crippen molar-refractivity contribution < 1.29 is 0 Å². The summed E-state index contributed by atoms with van der Waals surface area (Å²) in [5.41, 5.74) is 16.3. The molecule has 0 aliphatic heterocycles. The van der Waals surface area contributed by atoms with Gasteiger partial charge in [-0.3, -0.25) is 0 Å². The van der Waals surface area contributed by atoms with Crippen LogP contribution < -0.4 is 0 Å². The predicted molar refractivity (Wildman–Crippen MR) is 378 cm³/mol. The maximum absolute atomic E-state index is 5.66. The van der Waals surface area contributed by atoms with E-state index >= 15 is 0 Å². The van der Waals surface area contributed by atoms with Crippen LogP contribution in [0, 0.1) is 0 Å². The molecular weight excluding hydrogens is 1130 g/mol. The maximum atomic E-state index is 5.66. The van der Waals surface area contributed by atoms with Crippen molar-refractivity contribution in [1.82, 2.24) is 23.7 Å². The molecule has 13 aromatic carbocycles. The molecule has 7 aromatic heterocycles. The average molecular weight is 1170 g/mol. The summed E-state index contributed by atoms with van der Waals surface area (Å²) in [6, 6.07) is 100. The van der Waals surface area contributed by atoms with Crippen molar-refractivity contribution in [3.63, 3.8) is 0 Å². The Labute approximate surface area is 514 Å². The molecule has 0 saturated carbocycles. The molecule has 8 heteroatoms. The number of benzene rings is 13. The van der Waals surface area contributed by atoms with Crippen LogP contribution in [0.5, 0.6) is 0 Å². The number of nitrogens with zero attached hydrogens (tertiary/aromatic N) is 5. The zero-order valence-electron chi connectivity index (χ0n) is 46.9. The number of rotatable bonds is 6. The first-order valence-corrected chi connectivity index (χ1v) is 32.2. The fourth-order valence-electron chi connectivity index (χ4n) is 14.7. The van der Waals surface area contributed by atoms with Crippen molar-refractivity contribution in [2.24, 2.45) is 0 Å². The lowest BCUT2D eigenvalue weighted by molar-refractivity contribution is 1.17. The Hall–Kier alpha value is -10.7. The van der Waals surface area contributed by atoms with Gasteiger partial charge in [0.1, 0.15) is 0 Å². The largest absolute Gasteiger partial charge is 0.309 e. The summed E-state index contributed by atoms with van der Waals surface area (Å²) in [4.78, 5) is 11.1. The van der Waals surface area contributed by atoms with E-state index in [9.17, 15) is 0 Å². The van der Waals surface area contributed by atoms with E-state index in [0.29, 0.717) is 5.82 Å². The molecule has 20 aromatic rings. The molecule has 0 spiro atoms. The van der Waals surface area contributed by atoms with Crippen molar-refractivity contribution in [1.29, 1.82) is 0 Å². The van der Waals surface area contributed by atoms with Gasteiger partial charge in [0.05, 0.1) is 44.3 Å². The molecule has 88 heavy (non-hydrogen) atoms. The fraction of sp³-hybridized carbons (Fsp3) is 0. The van der Waals surface area contributed by atoms with Crippen molar-refractivity contribution >= 4 is 171 Å². The van der Waals surface area contributed by atoms with Crippen molar-refractivity contribution in [3.05, 3.63) is 273 Å². The summed E-state index contributed by atoms with van der Waals surface area (Å²) in [5.74, 6) is 0.672. The lowest BCUT2D eigenvalue weighted by Gasteiger charge is -2.14. The van der Waals surface area contributed by atoms with Gasteiger partial charge in [0, 0.05) is 126 Å². The highest BCUT2D eigenvalue weighted by atomic mass is 32.1. The minimum atomic E-state index is 0.672. The Morgan fingerprint density at radius 3 is 1.11 bits per heavy atom. The molecule has 0 aliphatic rings. The quantitative estimate of drug-likeness (QED) is 0.166. The second-order valence-electron chi connectivity index (χ2n) is 23.1. The van der Waals surface area contributed by atoms with Gasteiger partial charge in [0.2, 0.25) is 0 Å².